The molecule has 0 atom stereocenters. The number of amides is 2. The molecule has 3 rings (SSSR count). The van der Waals surface area contributed by atoms with Crippen LogP contribution in [0.3, 0.4) is 0 Å². The zero-order valence-corrected chi connectivity index (χ0v) is 16.5. The van der Waals surface area contributed by atoms with E-state index in [1.54, 1.807) is 17.0 Å². The van der Waals surface area contributed by atoms with Crippen molar-refractivity contribution in [2.75, 3.05) is 30.0 Å². The lowest BCUT2D eigenvalue weighted by molar-refractivity contribution is -0.123. The summed E-state index contributed by atoms with van der Waals surface area (Å²) in [5.74, 6) is 1.25. The molecule has 0 saturated carbocycles. The highest BCUT2D eigenvalue weighted by Crippen LogP contribution is 2.35. The number of fused-ring (bicyclic) bond motifs is 1. The van der Waals surface area contributed by atoms with Gasteiger partial charge in [0.1, 0.15) is 11.5 Å². The average Bonchev–Trinajstić information content (AvgIpc) is 2.66. The zero-order chi connectivity index (χ0) is 20.1. The first kappa shape index (κ1) is 19.7. The molecular formula is C22H26N2O4. The van der Waals surface area contributed by atoms with Crippen LogP contribution in [0.15, 0.2) is 48.5 Å². The van der Waals surface area contributed by atoms with Crippen molar-refractivity contribution in [2.45, 2.75) is 27.2 Å². The topological polar surface area (TPSA) is 67.9 Å². The van der Waals surface area contributed by atoms with Gasteiger partial charge in [0, 0.05) is 23.7 Å². The molecule has 0 aliphatic carbocycles. The van der Waals surface area contributed by atoms with Crippen molar-refractivity contribution in [1.82, 2.24) is 0 Å². The number of hydrogen-bond donors (Lipinski definition) is 1. The first-order chi connectivity index (χ1) is 13.3. The molecule has 0 spiro atoms. The summed E-state index contributed by atoms with van der Waals surface area (Å²) in [4.78, 5) is 26.2. The monoisotopic (exact) mass is 382 g/mol. The maximum Gasteiger partial charge on any atom is 0.265 e. The van der Waals surface area contributed by atoms with Gasteiger partial charge in [0.25, 0.3) is 5.91 Å². The second-order valence-electron chi connectivity index (χ2n) is 7.74. The number of nitrogens with one attached hydrogen (secondary N) is 1. The van der Waals surface area contributed by atoms with Gasteiger partial charge in [-0.3, -0.25) is 9.59 Å². The highest BCUT2D eigenvalue weighted by atomic mass is 16.5. The standard InChI is InChI=1S/C22H26N2O4/c1-22(2,3)21(26)23-16-10-11-18-19(14-16)28-15-20(25)24(18)12-7-13-27-17-8-5-4-6-9-17/h4-6,8-11,14H,7,12-13,15H2,1-3H3,(H,23,26). The van der Waals surface area contributed by atoms with Gasteiger partial charge in [-0.1, -0.05) is 39.0 Å². The van der Waals surface area contributed by atoms with E-state index >= 15 is 0 Å². The highest BCUT2D eigenvalue weighted by Gasteiger charge is 2.26. The predicted molar refractivity (Wildman–Crippen MR) is 109 cm³/mol. The fourth-order valence-electron chi connectivity index (χ4n) is 2.78. The van der Waals surface area contributed by atoms with E-state index in [2.05, 4.69) is 5.32 Å². The van der Waals surface area contributed by atoms with Crippen LogP contribution in [-0.4, -0.2) is 31.6 Å². The van der Waals surface area contributed by atoms with Crippen molar-refractivity contribution in [2.24, 2.45) is 5.41 Å². The third kappa shape index (κ3) is 4.82. The summed E-state index contributed by atoms with van der Waals surface area (Å²) in [6, 6.07) is 15.0. The fraction of sp³-hybridized carbons (Fsp3) is 0.364. The van der Waals surface area contributed by atoms with Gasteiger partial charge in [-0.25, -0.2) is 0 Å². The maximum atomic E-state index is 12.3. The van der Waals surface area contributed by atoms with Crippen LogP contribution in [0.25, 0.3) is 0 Å². The summed E-state index contributed by atoms with van der Waals surface area (Å²) in [6.45, 7) is 6.61. The molecule has 0 unspecified atom stereocenters. The minimum Gasteiger partial charge on any atom is -0.494 e. The molecule has 1 N–H and O–H groups in total. The molecular weight excluding hydrogens is 356 g/mol. The smallest absolute Gasteiger partial charge is 0.265 e. The van der Waals surface area contributed by atoms with E-state index in [4.69, 9.17) is 9.47 Å². The van der Waals surface area contributed by atoms with Gasteiger partial charge < -0.3 is 19.7 Å². The van der Waals surface area contributed by atoms with Crippen molar-refractivity contribution in [3.63, 3.8) is 0 Å². The van der Waals surface area contributed by atoms with E-state index in [1.807, 2.05) is 57.2 Å². The van der Waals surface area contributed by atoms with Gasteiger partial charge >= 0.3 is 0 Å². The summed E-state index contributed by atoms with van der Waals surface area (Å²) < 4.78 is 11.3. The Balaban J connectivity index is 1.63. The van der Waals surface area contributed by atoms with Gasteiger partial charge in [0.15, 0.2) is 6.61 Å². The van der Waals surface area contributed by atoms with E-state index in [0.717, 1.165) is 5.75 Å². The number of para-hydroxylation sites is 1. The third-order valence-corrected chi connectivity index (χ3v) is 4.38. The minimum atomic E-state index is -0.489. The van der Waals surface area contributed by atoms with Gasteiger partial charge in [-0.05, 0) is 30.7 Å². The Morgan fingerprint density at radius 3 is 2.64 bits per heavy atom. The van der Waals surface area contributed by atoms with Gasteiger partial charge in [0.05, 0.1) is 12.3 Å². The molecule has 0 fully saturated rings. The lowest BCUT2D eigenvalue weighted by Gasteiger charge is -2.30. The van der Waals surface area contributed by atoms with Crippen LogP contribution in [0.2, 0.25) is 0 Å². The number of ether oxygens (including phenoxy) is 2. The number of anilines is 2. The molecule has 6 heteroatoms. The van der Waals surface area contributed by atoms with Gasteiger partial charge in [-0.2, -0.15) is 0 Å². The Hall–Kier alpha value is -3.02. The Morgan fingerprint density at radius 2 is 1.93 bits per heavy atom. The lowest BCUT2D eigenvalue weighted by Crippen LogP contribution is -2.39. The van der Waals surface area contributed by atoms with Crippen molar-refractivity contribution in [1.29, 1.82) is 0 Å². The van der Waals surface area contributed by atoms with Crippen LogP contribution >= 0.6 is 0 Å². The predicted octanol–water partition coefficient (Wildman–Crippen LogP) is 3.87. The van der Waals surface area contributed by atoms with Gasteiger partial charge in [0.2, 0.25) is 5.91 Å². The van der Waals surface area contributed by atoms with E-state index in [1.165, 1.54) is 0 Å². The third-order valence-electron chi connectivity index (χ3n) is 4.38. The van der Waals surface area contributed by atoms with Crippen molar-refractivity contribution >= 4 is 23.2 Å². The molecule has 2 aromatic carbocycles. The highest BCUT2D eigenvalue weighted by molar-refractivity contribution is 5.99. The molecule has 6 nitrogen and oxygen atoms in total. The largest absolute Gasteiger partial charge is 0.494 e. The minimum absolute atomic E-state index is 0.0107. The van der Waals surface area contributed by atoms with E-state index < -0.39 is 5.41 Å². The Morgan fingerprint density at radius 1 is 1.18 bits per heavy atom. The number of benzene rings is 2. The van der Waals surface area contributed by atoms with Crippen LogP contribution in [0, 0.1) is 5.41 Å². The van der Waals surface area contributed by atoms with Crippen molar-refractivity contribution < 1.29 is 19.1 Å². The quantitative estimate of drug-likeness (QED) is 0.770. The normalized spacial score (nSPS) is 13.5. The first-order valence-corrected chi connectivity index (χ1v) is 9.41. The van der Waals surface area contributed by atoms with Crippen LogP contribution in [-0.2, 0) is 9.59 Å². The molecule has 0 saturated heterocycles. The fourth-order valence-corrected chi connectivity index (χ4v) is 2.78. The molecule has 2 amide bonds. The first-order valence-electron chi connectivity index (χ1n) is 9.41. The van der Waals surface area contributed by atoms with E-state index in [9.17, 15) is 9.59 Å². The van der Waals surface area contributed by atoms with Gasteiger partial charge in [-0.15, -0.1) is 0 Å². The molecule has 1 aliphatic rings. The Bertz CT molecular complexity index is 843. The van der Waals surface area contributed by atoms with Crippen molar-refractivity contribution in [3.05, 3.63) is 48.5 Å². The van der Waals surface area contributed by atoms with E-state index in [0.29, 0.717) is 36.7 Å². The number of carbonyl (C=O) groups excluding carboxylic acids is 2. The molecule has 0 aromatic heterocycles. The molecule has 2 aromatic rings. The number of carbonyl (C=O) groups is 2. The summed E-state index contributed by atoms with van der Waals surface area (Å²) in [7, 11) is 0. The van der Waals surface area contributed by atoms with Crippen LogP contribution in [0.1, 0.15) is 27.2 Å². The van der Waals surface area contributed by atoms with Crippen LogP contribution in [0.4, 0.5) is 11.4 Å². The molecule has 0 bridgehead atoms. The summed E-state index contributed by atoms with van der Waals surface area (Å²) in [5, 5.41) is 2.89. The summed E-state index contributed by atoms with van der Waals surface area (Å²) in [5.41, 5.74) is 0.877. The molecule has 1 aliphatic heterocycles. The Labute approximate surface area is 165 Å². The van der Waals surface area contributed by atoms with Crippen LogP contribution < -0.4 is 19.7 Å². The number of hydrogen-bond acceptors (Lipinski definition) is 4. The van der Waals surface area contributed by atoms with E-state index in [-0.39, 0.29) is 18.4 Å². The summed E-state index contributed by atoms with van der Waals surface area (Å²) in [6.07, 6.45) is 0.697. The second kappa shape index (κ2) is 8.33. The number of rotatable bonds is 6. The lowest BCUT2D eigenvalue weighted by atomic mass is 9.95. The molecule has 1 heterocycles. The SMILES string of the molecule is CC(C)(C)C(=O)Nc1ccc2c(c1)OCC(=O)N2CCCOc1ccccc1. The van der Waals surface area contributed by atoms with Crippen molar-refractivity contribution in [3.8, 4) is 11.5 Å². The Kier molecular flexibility index (Phi) is 5.87. The average molecular weight is 382 g/mol. The molecule has 28 heavy (non-hydrogen) atoms. The zero-order valence-electron chi connectivity index (χ0n) is 16.5. The number of nitrogens with zero attached hydrogens (tertiary/aromatic N) is 1. The van der Waals surface area contributed by atoms with Crippen LogP contribution in [0.5, 0.6) is 11.5 Å². The summed E-state index contributed by atoms with van der Waals surface area (Å²) >= 11 is 0. The molecule has 0 radical (unpaired) electrons. The maximum absolute atomic E-state index is 12.3. The molecule has 148 valence electrons. The second-order valence-corrected chi connectivity index (χ2v) is 7.74.